The zero-order valence-corrected chi connectivity index (χ0v) is 10.4. The van der Waals surface area contributed by atoms with Crippen molar-refractivity contribution < 1.29 is 13.2 Å². The van der Waals surface area contributed by atoms with E-state index in [9.17, 15) is 13.2 Å². The Morgan fingerprint density at radius 2 is 2.00 bits per heavy atom. The molecule has 0 bridgehead atoms. The van der Waals surface area contributed by atoms with E-state index in [4.69, 9.17) is 5.73 Å². The van der Waals surface area contributed by atoms with E-state index in [1.54, 1.807) is 20.9 Å². The van der Waals surface area contributed by atoms with Gasteiger partial charge >= 0.3 is 0 Å². The fourth-order valence-electron chi connectivity index (χ4n) is 1.04. The Morgan fingerprint density at radius 3 is 2.40 bits per heavy atom. The molecule has 0 fully saturated rings. The second-order valence-corrected chi connectivity index (χ2v) is 5.91. The Bertz CT molecular complexity index is 300. The molecule has 15 heavy (non-hydrogen) atoms. The summed E-state index contributed by atoms with van der Waals surface area (Å²) < 4.78 is 23.1. The molecule has 0 aliphatic rings. The van der Waals surface area contributed by atoms with Gasteiger partial charge in [0.2, 0.25) is 5.91 Å². The first-order valence-corrected chi connectivity index (χ1v) is 6.79. The molecule has 0 heterocycles. The van der Waals surface area contributed by atoms with Crippen LogP contribution in [0, 0.1) is 5.92 Å². The van der Waals surface area contributed by atoms with Crippen LogP contribution in [0.5, 0.6) is 0 Å². The lowest BCUT2D eigenvalue weighted by atomic mass is 10.2. The molecule has 0 spiro atoms. The first kappa shape index (κ1) is 14.4. The Morgan fingerprint density at radius 1 is 1.47 bits per heavy atom. The molecular formula is C9H20N2O3S. The topological polar surface area (TPSA) is 80.5 Å². The summed E-state index contributed by atoms with van der Waals surface area (Å²) in [7, 11) is -1.73. The monoisotopic (exact) mass is 236 g/mol. The van der Waals surface area contributed by atoms with Gasteiger partial charge in [-0.25, -0.2) is 8.42 Å². The summed E-state index contributed by atoms with van der Waals surface area (Å²) in [6, 6.07) is 0. The Kier molecular flexibility index (Phi) is 5.82. The predicted octanol–water partition coefficient (Wildman–Crippen LogP) is -0.526. The summed E-state index contributed by atoms with van der Waals surface area (Å²) >= 11 is 0. The maximum absolute atomic E-state index is 11.5. The highest BCUT2D eigenvalue weighted by molar-refractivity contribution is 7.92. The molecule has 1 unspecified atom stereocenters. The highest BCUT2D eigenvalue weighted by Crippen LogP contribution is 2.01. The Hall–Kier alpha value is -0.620. The smallest absolute Gasteiger partial charge is 0.237 e. The molecule has 6 heteroatoms. The summed E-state index contributed by atoms with van der Waals surface area (Å²) in [4.78, 5) is 12.8. The Labute approximate surface area is 91.5 Å². The zero-order valence-electron chi connectivity index (χ0n) is 9.56. The third-order valence-electron chi connectivity index (χ3n) is 2.18. The SMILES string of the molecule is CCN(C)C(=O)CS(=O)(=O)CC(C)CN. The number of hydrogen-bond acceptors (Lipinski definition) is 4. The Balaban J connectivity index is 4.33. The van der Waals surface area contributed by atoms with E-state index in [1.165, 1.54) is 4.90 Å². The summed E-state index contributed by atoms with van der Waals surface area (Å²) in [5.74, 6) is -0.898. The van der Waals surface area contributed by atoms with E-state index in [0.29, 0.717) is 13.1 Å². The highest BCUT2D eigenvalue weighted by atomic mass is 32.2. The van der Waals surface area contributed by atoms with Gasteiger partial charge in [0.15, 0.2) is 9.84 Å². The number of rotatable bonds is 6. The van der Waals surface area contributed by atoms with Gasteiger partial charge in [0.05, 0.1) is 5.75 Å². The van der Waals surface area contributed by atoms with Gasteiger partial charge in [-0.3, -0.25) is 4.79 Å². The molecular weight excluding hydrogens is 216 g/mol. The van der Waals surface area contributed by atoms with Crippen LogP contribution in [-0.2, 0) is 14.6 Å². The minimum Gasteiger partial charge on any atom is -0.345 e. The van der Waals surface area contributed by atoms with Crippen LogP contribution < -0.4 is 5.73 Å². The normalized spacial score (nSPS) is 13.6. The minimum atomic E-state index is -3.32. The standard InChI is InChI=1S/C9H20N2O3S/c1-4-11(3)9(12)7-15(13,14)6-8(2)5-10/h8H,4-7,10H2,1-3H3. The molecule has 0 aromatic heterocycles. The molecule has 1 amide bonds. The fraction of sp³-hybridized carbons (Fsp3) is 0.889. The van der Waals surface area contributed by atoms with Crippen LogP contribution in [0.4, 0.5) is 0 Å². The molecule has 0 aliphatic heterocycles. The second-order valence-electron chi connectivity index (χ2n) is 3.80. The molecule has 90 valence electrons. The van der Waals surface area contributed by atoms with E-state index in [2.05, 4.69) is 0 Å². The van der Waals surface area contributed by atoms with Gasteiger partial charge in [0, 0.05) is 13.6 Å². The summed E-state index contributed by atoms with van der Waals surface area (Å²) in [5.41, 5.74) is 5.34. The molecule has 0 aromatic rings. The van der Waals surface area contributed by atoms with Gasteiger partial charge in [-0.05, 0) is 19.4 Å². The van der Waals surface area contributed by atoms with Crippen molar-refractivity contribution in [1.29, 1.82) is 0 Å². The zero-order chi connectivity index (χ0) is 12.1. The summed E-state index contributed by atoms with van der Waals surface area (Å²) in [6.45, 7) is 4.39. The van der Waals surface area contributed by atoms with Crippen molar-refractivity contribution in [2.75, 3.05) is 31.6 Å². The van der Waals surface area contributed by atoms with Crippen LogP contribution in [-0.4, -0.2) is 50.9 Å². The maximum atomic E-state index is 11.5. The van der Waals surface area contributed by atoms with Crippen molar-refractivity contribution in [1.82, 2.24) is 4.90 Å². The average Bonchev–Trinajstić information content (AvgIpc) is 2.14. The fourth-order valence-corrected chi connectivity index (χ4v) is 2.75. The second kappa shape index (κ2) is 6.07. The largest absolute Gasteiger partial charge is 0.345 e. The molecule has 0 saturated carbocycles. The highest BCUT2D eigenvalue weighted by Gasteiger charge is 2.20. The first-order valence-electron chi connectivity index (χ1n) is 4.96. The lowest BCUT2D eigenvalue weighted by Gasteiger charge is -2.15. The van der Waals surface area contributed by atoms with Crippen LogP contribution in [0.15, 0.2) is 0 Å². The number of nitrogens with two attached hydrogens (primary N) is 1. The van der Waals surface area contributed by atoms with Gasteiger partial charge in [-0.1, -0.05) is 6.92 Å². The lowest BCUT2D eigenvalue weighted by Crippen LogP contribution is -2.34. The number of nitrogens with zero attached hydrogens (tertiary/aromatic N) is 1. The van der Waals surface area contributed by atoms with E-state index in [1.807, 2.05) is 0 Å². The molecule has 0 saturated heterocycles. The maximum Gasteiger partial charge on any atom is 0.237 e. The lowest BCUT2D eigenvalue weighted by molar-refractivity contribution is -0.126. The van der Waals surface area contributed by atoms with E-state index < -0.39 is 15.6 Å². The molecule has 5 nitrogen and oxygen atoms in total. The van der Waals surface area contributed by atoms with Crippen molar-refractivity contribution in [3.8, 4) is 0 Å². The molecule has 1 atom stereocenters. The van der Waals surface area contributed by atoms with Gasteiger partial charge < -0.3 is 10.6 Å². The molecule has 2 N–H and O–H groups in total. The van der Waals surface area contributed by atoms with Crippen molar-refractivity contribution in [2.45, 2.75) is 13.8 Å². The molecule has 0 radical (unpaired) electrons. The molecule has 0 aromatic carbocycles. The number of carbonyl (C=O) groups is 1. The summed E-state index contributed by atoms with van der Waals surface area (Å²) in [5, 5.41) is 0. The quantitative estimate of drug-likeness (QED) is 0.672. The third kappa shape index (κ3) is 5.74. The minimum absolute atomic E-state index is 0.0210. The van der Waals surface area contributed by atoms with E-state index in [0.717, 1.165) is 0 Å². The van der Waals surface area contributed by atoms with Gasteiger partial charge in [0.25, 0.3) is 0 Å². The van der Waals surface area contributed by atoms with Crippen molar-refractivity contribution in [2.24, 2.45) is 11.7 Å². The van der Waals surface area contributed by atoms with Gasteiger partial charge in [0.1, 0.15) is 5.75 Å². The first-order chi connectivity index (χ1) is 6.82. The molecule has 0 aliphatic carbocycles. The van der Waals surface area contributed by atoms with Crippen LogP contribution >= 0.6 is 0 Å². The number of carbonyl (C=O) groups excluding carboxylic acids is 1. The van der Waals surface area contributed by atoms with E-state index in [-0.39, 0.29) is 17.6 Å². The van der Waals surface area contributed by atoms with E-state index >= 15 is 0 Å². The number of sulfone groups is 1. The predicted molar refractivity (Wildman–Crippen MR) is 60.2 cm³/mol. The average molecular weight is 236 g/mol. The third-order valence-corrected chi connectivity index (χ3v) is 3.95. The summed E-state index contributed by atoms with van der Waals surface area (Å²) in [6.07, 6.45) is 0. The van der Waals surface area contributed by atoms with Crippen molar-refractivity contribution in [3.63, 3.8) is 0 Å². The van der Waals surface area contributed by atoms with Crippen LogP contribution in [0.2, 0.25) is 0 Å². The molecule has 0 rings (SSSR count). The number of amides is 1. The van der Waals surface area contributed by atoms with Gasteiger partial charge in [-0.15, -0.1) is 0 Å². The van der Waals surface area contributed by atoms with Crippen molar-refractivity contribution in [3.05, 3.63) is 0 Å². The van der Waals surface area contributed by atoms with Crippen LogP contribution in [0.1, 0.15) is 13.8 Å². The van der Waals surface area contributed by atoms with Crippen LogP contribution in [0.3, 0.4) is 0 Å². The number of hydrogen-bond donors (Lipinski definition) is 1. The van der Waals surface area contributed by atoms with Crippen molar-refractivity contribution >= 4 is 15.7 Å². The van der Waals surface area contributed by atoms with Crippen LogP contribution in [0.25, 0.3) is 0 Å². The van der Waals surface area contributed by atoms with Gasteiger partial charge in [-0.2, -0.15) is 0 Å².